The van der Waals surface area contributed by atoms with Gasteiger partial charge in [-0.1, -0.05) is 32.1 Å². The summed E-state index contributed by atoms with van der Waals surface area (Å²) in [5, 5.41) is 27.7. The van der Waals surface area contributed by atoms with Crippen LogP contribution < -0.4 is 60.3 Å². The lowest BCUT2D eigenvalue weighted by molar-refractivity contribution is 0.128. The van der Waals surface area contributed by atoms with Crippen LogP contribution >= 0.6 is 0 Å². The Bertz CT molecular complexity index is 1080. The molecule has 17 nitrogen and oxygen atoms in total. The minimum atomic E-state index is 0.704. The number of hydrogen-bond acceptors (Lipinski definition) is 17. The third-order valence-corrected chi connectivity index (χ3v) is 15.0. The van der Waals surface area contributed by atoms with Crippen molar-refractivity contribution in [3.8, 4) is 0 Å². The highest BCUT2D eigenvalue weighted by Gasteiger charge is 2.24. The Morgan fingerprint density at radius 1 is 0.318 bits per heavy atom. The van der Waals surface area contributed by atoms with E-state index in [1.165, 1.54) is 96.3 Å². The van der Waals surface area contributed by atoms with E-state index >= 15 is 0 Å². The van der Waals surface area contributed by atoms with Crippen molar-refractivity contribution in [2.45, 2.75) is 120 Å². The van der Waals surface area contributed by atoms with Crippen molar-refractivity contribution >= 4 is 0 Å². The topological polar surface area (TPSA) is 208 Å². The summed E-state index contributed by atoms with van der Waals surface area (Å²) in [4.78, 5) is 13.2. The molecule has 0 radical (unpaired) electrons. The monoisotopic (exact) mass is 936 g/mol. The summed E-state index contributed by atoms with van der Waals surface area (Å²) >= 11 is 0. The second kappa shape index (κ2) is 39.0. The molecular formula is C49H109N17. The molecule has 15 N–H and O–H groups in total. The van der Waals surface area contributed by atoms with E-state index in [0.717, 1.165) is 207 Å². The number of nitrogens with one attached hydrogen (secondary N) is 7. The lowest BCUT2D eigenvalue weighted by Gasteiger charge is -2.37. The van der Waals surface area contributed by atoms with Gasteiger partial charge in [0.25, 0.3) is 0 Å². The summed E-state index contributed by atoms with van der Waals surface area (Å²) in [6.07, 6.45) is 19.9. The average Bonchev–Trinajstić information content (AvgIpc) is 3.24. The number of hydrazine groups is 1. The fourth-order valence-electron chi connectivity index (χ4n) is 9.47. The van der Waals surface area contributed by atoms with Crippen molar-refractivity contribution in [3.63, 3.8) is 0 Å². The number of nitrogens with zero attached hydrogens (tertiary/aromatic N) is 6. The number of hydrogen-bond donors (Lipinski definition) is 11. The second-order valence-electron chi connectivity index (χ2n) is 20.2. The van der Waals surface area contributed by atoms with E-state index in [2.05, 4.69) is 61.7 Å². The molecule has 0 aromatic carbocycles. The molecule has 17 heteroatoms. The van der Waals surface area contributed by atoms with Crippen molar-refractivity contribution in [2.75, 3.05) is 196 Å². The normalized spacial score (nSPS) is 17.5. The molecule has 0 heterocycles. The van der Waals surface area contributed by atoms with Gasteiger partial charge >= 0.3 is 0 Å². The lowest BCUT2D eigenvalue weighted by atomic mass is 9.91. The SMILES string of the molecule is NCCNCCN(CCNCCN(CCCCCN(CCN)CCN(CCNC1CCC1)CCN(CCN)CCNC1CCC1)CCN(N)CCNCCNCCNC1CCC1)C1CCC1. The van der Waals surface area contributed by atoms with E-state index in [0.29, 0.717) is 13.1 Å². The Morgan fingerprint density at radius 2 is 0.712 bits per heavy atom. The van der Waals surface area contributed by atoms with Crippen LogP contribution in [-0.4, -0.2) is 250 Å². The molecule has 4 aliphatic rings. The Labute approximate surface area is 405 Å². The summed E-state index contributed by atoms with van der Waals surface area (Å²) in [7, 11) is 0. The Morgan fingerprint density at radius 3 is 1.21 bits per heavy atom. The Kier molecular flexibility index (Phi) is 34.2. The van der Waals surface area contributed by atoms with Crippen molar-refractivity contribution in [3.05, 3.63) is 0 Å². The van der Waals surface area contributed by atoms with Crippen LogP contribution in [0.3, 0.4) is 0 Å². The molecule has 0 bridgehead atoms. The van der Waals surface area contributed by atoms with E-state index in [1.54, 1.807) is 0 Å². The quantitative estimate of drug-likeness (QED) is 0.0202. The van der Waals surface area contributed by atoms with Crippen LogP contribution in [0.25, 0.3) is 0 Å². The lowest BCUT2D eigenvalue weighted by Crippen LogP contribution is -2.47. The third kappa shape index (κ3) is 27.6. The molecule has 4 rings (SSSR count). The van der Waals surface area contributed by atoms with Crippen molar-refractivity contribution in [2.24, 2.45) is 23.0 Å². The standard InChI is InChI=1S/C49H109N17/c50-16-19-54-25-37-65(49-14-7-15-49)38-26-57-24-34-62(44-45-66(53)39-27-56-21-20-55-22-23-58-46-8-4-9-46)31-3-1-2-30-61(32-17-51)40-42-64(36-29-60-48-12-6-13-48)43-41-63(33-18-52)35-28-59-47-10-5-11-47/h46-49,54-60H,1-45,50-53H2. The fraction of sp³-hybridized carbons (Fsp3) is 1.00. The molecule has 0 aromatic heterocycles. The van der Waals surface area contributed by atoms with E-state index in [4.69, 9.17) is 23.0 Å². The van der Waals surface area contributed by atoms with Crippen LogP contribution in [0, 0.1) is 0 Å². The zero-order chi connectivity index (χ0) is 46.5. The molecule has 4 fully saturated rings. The van der Waals surface area contributed by atoms with Gasteiger partial charge in [0.05, 0.1) is 0 Å². The van der Waals surface area contributed by atoms with E-state index in [-0.39, 0.29) is 0 Å². The summed E-state index contributed by atoms with van der Waals surface area (Å²) in [6, 6.07) is 2.99. The molecule has 66 heavy (non-hydrogen) atoms. The third-order valence-electron chi connectivity index (χ3n) is 15.0. The smallest absolute Gasteiger partial charge is 0.0257 e. The summed E-state index contributed by atoms with van der Waals surface area (Å²) in [5.74, 6) is 6.56. The van der Waals surface area contributed by atoms with Gasteiger partial charge < -0.3 is 64.2 Å². The van der Waals surface area contributed by atoms with E-state index in [9.17, 15) is 0 Å². The van der Waals surface area contributed by atoms with Gasteiger partial charge in [-0.2, -0.15) is 0 Å². The van der Waals surface area contributed by atoms with Gasteiger partial charge in [-0.15, -0.1) is 0 Å². The van der Waals surface area contributed by atoms with Gasteiger partial charge in [0.15, 0.2) is 0 Å². The molecule has 0 amide bonds. The first-order valence-corrected chi connectivity index (χ1v) is 27.8. The first-order chi connectivity index (χ1) is 32.6. The molecule has 390 valence electrons. The van der Waals surface area contributed by atoms with Crippen molar-refractivity contribution < 1.29 is 0 Å². The van der Waals surface area contributed by atoms with Crippen LogP contribution in [0.4, 0.5) is 0 Å². The molecule has 0 atom stereocenters. The predicted octanol–water partition coefficient (Wildman–Crippen LogP) is -0.944. The van der Waals surface area contributed by atoms with Gasteiger partial charge in [-0.05, 0) is 77.3 Å². The Hall–Kier alpha value is -0.680. The van der Waals surface area contributed by atoms with Gasteiger partial charge in [0, 0.05) is 207 Å². The zero-order valence-corrected chi connectivity index (χ0v) is 42.6. The van der Waals surface area contributed by atoms with Crippen LogP contribution in [-0.2, 0) is 0 Å². The van der Waals surface area contributed by atoms with Crippen LogP contribution in [0.5, 0.6) is 0 Å². The van der Waals surface area contributed by atoms with Crippen LogP contribution in [0.2, 0.25) is 0 Å². The maximum Gasteiger partial charge on any atom is 0.0257 e. The average molecular weight is 937 g/mol. The molecule has 0 aliphatic heterocycles. The summed E-state index contributed by atoms with van der Waals surface area (Å²) < 4.78 is 0. The predicted molar refractivity (Wildman–Crippen MR) is 280 cm³/mol. The highest BCUT2D eigenvalue weighted by atomic mass is 15.4. The first kappa shape index (κ1) is 57.9. The number of rotatable bonds is 49. The molecule has 0 saturated heterocycles. The molecular weight excluding hydrogens is 827 g/mol. The molecule has 0 aromatic rings. The summed E-state index contributed by atoms with van der Waals surface area (Å²) in [5.41, 5.74) is 18.0. The first-order valence-electron chi connectivity index (χ1n) is 27.8. The Balaban J connectivity index is 1.15. The highest BCUT2D eigenvalue weighted by molar-refractivity contribution is 4.82. The minimum absolute atomic E-state index is 0.704. The fourth-order valence-corrected chi connectivity index (χ4v) is 9.47. The maximum absolute atomic E-state index is 6.56. The van der Waals surface area contributed by atoms with Crippen molar-refractivity contribution in [1.29, 1.82) is 0 Å². The van der Waals surface area contributed by atoms with Gasteiger partial charge in [-0.25, -0.2) is 5.01 Å². The highest BCUT2D eigenvalue weighted by Crippen LogP contribution is 2.24. The molecule has 4 aliphatic carbocycles. The second-order valence-corrected chi connectivity index (χ2v) is 20.2. The maximum atomic E-state index is 6.56. The van der Waals surface area contributed by atoms with Gasteiger partial charge in [0.2, 0.25) is 0 Å². The van der Waals surface area contributed by atoms with E-state index in [1.807, 2.05) is 5.01 Å². The number of nitrogens with two attached hydrogens (primary N) is 4. The van der Waals surface area contributed by atoms with Gasteiger partial charge in [0.1, 0.15) is 0 Å². The molecule has 4 saturated carbocycles. The van der Waals surface area contributed by atoms with E-state index < -0.39 is 0 Å². The van der Waals surface area contributed by atoms with Crippen LogP contribution in [0.15, 0.2) is 0 Å². The minimum Gasteiger partial charge on any atom is -0.329 e. The number of unbranched alkanes of at least 4 members (excludes halogenated alkanes) is 2. The van der Waals surface area contributed by atoms with Crippen molar-refractivity contribution in [1.82, 2.24) is 66.7 Å². The summed E-state index contributed by atoms with van der Waals surface area (Å²) in [6.45, 7) is 30.0. The zero-order valence-electron chi connectivity index (χ0n) is 42.6. The van der Waals surface area contributed by atoms with Crippen LogP contribution in [0.1, 0.15) is 96.3 Å². The largest absolute Gasteiger partial charge is 0.329 e. The molecule has 0 spiro atoms. The van der Waals surface area contributed by atoms with Gasteiger partial charge in [-0.3, -0.25) is 20.5 Å². The molecule has 0 unspecified atom stereocenters.